The molecule has 9 rings (SSSR count). The molecular weight excluding hydrogens is 947 g/mol. The van der Waals surface area contributed by atoms with Gasteiger partial charge in [-0.15, -0.1) is 0 Å². The minimum absolute atomic E-state index is 0.0994. The Morgan fingerprint density at radius 2 is 1.32 bits per heavy atom. The quantitative estimate of drug-likeness (QED) is 0.0191. The summed E-state index contributed by atoms with van der Waals surface area (Å²) in [5.74, 6) is -2.59. The van der Waals surface area contributed by atoms with Crippen molar-refractivity contribution in [2.75, 3.05) is 0 Å². The number of esters is 1. The molecule has 6 aromatic rings. The molecule has 1 saturated heterocycles. The van der Waals surface area contributed by atoms with Crippen LogP contribution >= 0.6 is 0 Å². The van der Waals surface area contributed by atoms with Gasteiger partial charge >= 0.3 is 11.9 Å². The van der Waals surface area contributed by atoms with E-state index in [9.17, 15) is 15.2 Å². The van der Waals surface area contributed by atoms with Gasteiger partial charge in [-0.1, -0.05) is 239 Å². The first-order valence-electron chi connectivity index (χ1n) is 27.0. The molecule has 2 fully saturated rings. The zero-order valence-corrected chi connectivity index (χ0v) is 45.1. The number of carbonyl (C=O) groups excluding carboxylic acids is 1. The van der Waals surface area contributed by atoms with Crippen molar-refractivity contribution in [1.82, 2.24) is 0 Å². The van der Waals surface area contributed by atoms with E-state index in [2.05, 4.69) is 155 Å². The van der Waals surface area contributed by atoms with E-state index in [0.29, 0.717) is 43.5 Å². The van der Waals surface area contributed by atoms with Gasteiger partial charge in [-0.05, 0) is 52.7 Å². The molecule has 1 aliphatic carbocycles. The number of hydrogen-bond donors (Lipinski definition) is 1. The van der Waals surface area contributed by atoms with E-state index in [1.54, 1.807) is 12.1 Å². The molecule has 10 nitrogen and oxygen atoms in total. The molecule has 6 aromatic carbocycles. The second-order valence-corrected chi connectivity index (χ2v) is 25.9. The van der Waals surface area contributed by atoms with E-state index in [-0.39, 0.29) is 29.4 Å². The van der Waals surface area contributed by atoms with Crippen molar-refractivity contribution in [2.24, 2.45) is 33.3 Å². The van der Waals surface area contributed by atoms with Gasteiger partial charge in [0.05, 0.1) is 35.5 Å². The summed E-state index contributed by atoms with van der Waals surface area (Å²) < 4.78 is 21.4. The van der Waals surface area contributed by atoms with Gasteiger partial charge in [0.2, 0.25) is 5.54 Å². The Morgan fingerprint density at radius 1 is 0.800 bits per heavy atom. The lowest BCUT2D eigenvalue weighted by molar-refractivity contribution is -0.998. The van der Waals surface area contributed by atoms with Crippen molar-refractivity contribution in [1.29, 1.82) is 5.26 Å². The normalized spacial score (nSPS) is 23.3. The summed E-state index contributed by atoms with van der Waals surface area (Å²) >= 11 is 0. The Kier molecular flexibility index (Phi) is 16.4. The van der Waals surface area contributed by atoms with Gasteiger partial charge in [0.1, 0.15) is 6.10 Å². The molecule has 0 amide bonds. The fraction of sp³-hybridized carbons (Fsp3) is 0.359. The molecule has 386 valence electrons. The Morgan fingerprint density at radius 3 is 1.83 bits per heavy atom. The first kappa shape index (κ1) is 53.2. The van der Waals surface area contributed by atoms with Gasteiger partial charge in [-0.25, -0.2) is 4.79 Å². The zero-order chi connectivity index (χ0) is 52.5. The summed E-state index contributed by atoms with van der Waals surface area (Å²) in [4.78, 5) is 14.2. The molecule has 0 radical (unpaired) electrons. The van der Waals surface area contributed by atoms with Crippen molar-refractivity contribution in [3.63, 3.8) is 0 Å². The lowest BCUT2D eigenvalue weighted by Gasteiger charge is -2.51. The minimum Gasteiger partial charge on any atom is -0.458 e. The average molecular weight is 1020 g/mol. The molecule has 11 heteroatoms. The van der Waals surface area contributed by atoms with Crippen molar-refractivity contribution < 1.29 is 28.4 Å². The molecule has 0 aromatic heterocycles. The fourth-order valence-electron chi connectivity index (χ4n) is 12.5. The van der Waals surface area contributed by atoms with Crippen molar-refractivity contribution in [3.8, 4) is 6.07 Å². The van der Waals surface area contributed by atoms with Crippen LogP contribution in [0.2, 0.25) is 5.04 Å². The van der Waals surface area contributed by atoms with Crippen LogP contribution < -0.4 is 10.4 Å². The van der Waals surface area contributed by atoms with Crippen LogP contribution in [0, 0.1) is 29.1 Å². The molecule has 75 heavy (non-hydrogen) atoms. The number of amidine groups is 1. The molecular formula is C64H72N5O5Si+. The molecule has 8 atom stereocenters. The van der Waals surface area contributed by atoms with E-state index in [4.69, 9.17) is 24.2 Å². The molecule has 3 unspecified atom stereocenters. The van der Waals surface area contributed by atoms with Gasteiger partial charge in [-0.3, -0.25) is 4.74 Å². The smallest absolute Gasteiger partial charge is 0.350 e. The lowest BCUT2D eigenvalue weighted by Crippen LogP contribution is -2.73. The van der Waals surface area contributed by atoms with E-state index in [1.165, 1.54) is 10.4 Å². The van der Waals surface area contributed by atoms with E-state index < -0.39 is 48.5 Å². The Hall–Kier alpha value is -6.65. The number of hydrogen-bond acceptors (Lipinski definition) is 9. The largest absolute Gasteiger partial charge is 0.458 e. The third-order valence-corrected chi connectivity index (χ3v) is 21.0. The monoisotopic (exact) mass is 1020 g/mol. The molecule has 0 spiro atoms. The molecule has 3 aliphatic rings. The maximum atomic E-state index is 14.3. The van der Waals surface area contributed by atoms with Crippen molar-refractivity contribution in [3.05, 3.63) is 216 Å². The SMILES string of the molecule is CCCCC(C)[C@H](C=C[C@@H]1[C@H]2CC(O)([N+]3(C(c4ccccc4)(c4ccccc4)c4ccccc4)N=NN=C3CCCCC#N)O[C@H]2C[C@H]1OC(=O)c1ccccc1)O[Si](c1ccccc1)(c1ccccc1)C(C)(C)C. The number of ether oxygens (including phenoxy) is 2. The summed E-state index contributed by atoms with van der Waals surface area (Å²) in [7, 11) is -3.06. The van der Waals surface area contributed by atoms with E-state index in [1.807, 2.05) is 72.8 Å². The van der Waals surface area contributed by atoms with E-state index >= 15 is 0 Å². The Balaban J connectivity index is 1.21. The number of unbranched alkanes of at least 4 members (excludes halogenated alkanes) is 3. The second kappa shape index (κ2) is 23.1. The van der Waals surface area contributed by atoms with Gasteiger partial charge in [0, 0.05) is 53.0 Å². The number of benzene rings is 6. The number of quaternary nitrogens is 1. The molecule has 2 heterocycles. The highest BCUT2D eigenvalue weighted by Crippen LogP contribution is 2.60. The second-order valence-electron chi connectivity index (χ2n) is 21.6. The summed E-state index contributed by atoms with van der Waals surface area (Å²) in [5.41, 5.74) is 1.75. The van der Waals surface area contributed by atoms with Gasteiger partial charge in [-0.2, -0.15) is 5.26 Å². The summed E-state index contributed by atoms with van der Waals surface area (Å²) in [6.07, 6.45) is 8.47. The number of nitriles is 1. The predicted molar refractivity (Wildman–Crippen MR) is 298 cm³/mol. The van der Waals surface area contributed by atoms with Crippen LogP contribution in [0.4, 0.5) is 0 Å². The van der Waals surface area contributed by atoms with Crippen LogP contribution in [0.3, 0.4) is 0 Å². The summed E-state index contributed by atoms with van der Waals surface area (Å²) in [6, 6.07) is 63.5. The number of rotatable bonds is 21. The summed E-state index contributed by atoms with van der Waals surface area (Å²) in [5, 5.41) is 40.6. The van der Waals surface area contributed by atoms with Crippen molar-refractivity contribution in [2.45, 2.75) is 127 Å². The van der Waals surface area contributed by atoms with Crippen molar-refractivity contribution >= 4 is 30.5 Å². The maximum Gasteiger partial charge on any atom is 0.350 e. The van der Waals surface area contributed by atoms with Gasteiger partial charge < -0.3 is 14.3 Å². The molecule has 1 saturated carbocycles. The zero-order valence-electron chi connectivity index (χ0n) is 44.1. The molecule has 1 N–H and O–H groups in total. The van der Waals surface area contributed by atoms with Gasteiger partial charge in [0.25, 0.3) is 14.2 Å². The molecule has 0 bridgehead atoms. The van der Waals surface area contributed by atoms with Gasteiger partial charge in [0.15, 0.2) is 0 Å². The number of fused-ring (bicyclic) bond motifs is 1. The first-order chi connectivity index (χ1) is 36.4. The van der Waals surface area contributed by atoms with Crippen LogP contribution in [0.1, 0.15) is 119 Å². The average Bonchev–Trinajstić information content (AvgIpc) is 4.22. The standard InChI is InChI=1S/C64H72N5O5Si/c1-6-7-29-48(2)57(74-75(62(3,4)5,53-38-23-12-24-39-53)54-40-25-13-26-41-54)44-43-55-56-47-63(71,73-59(56)46-58(55)72-61(70)49-30-15-8-16-31-49)69(60(66-67-68-69)42-27-14-28-45-65)64(50-32-17-9-18-33-50,51-34-19-10-20-35-51)52-36-21-11-22-37-52/h8-13,15-26,30-41,43-44,48,55-59,71H,6-7,14,27-29,42,46-47H2,1-5H3/q+1/t48?,55-,56-,57+,58-,59+,63?,69?/m1/s1. The third kappa shape index (κ3) is 10.0. The fourth-order valence-corrected chi connectivity index (χ4v) is 17.2. The maximum absolute atomic E-state index is 14.3. The topological polar surface area (TPSA) is 126 Å². The number of aliphatic hydroxyl groups is 1. The number of carbonyl (C=O) groups is 1. The highest BCUT2D eigenvalue weighted by atomic mass is 28.4. The van der Waals surface area contributed by atoms with Crippen LogP contribution in [-0.4, -0.2) is 54.0 Å². The molecule has 2 aliphatic heterocycles. The van der Waals surface area contributed by atoms with Crippen LogP contribution in [-0.2, 0) is 19.4 Å². The summed E-state index contributed by atoms with van der Waals surface area (Å²) in [6.45, 7) is 11.5. The van der Waals surface area contributed by atoms with Crippen LogP contribution in [0.5, 0.6) is 0 Å². The van der Waals surface area contributed by atoms with Crippen LogP contribution in [0.25, 0.3) is 0 Å². The van der Waals surface area contributed by atoms with E-state index in [0.717, 1.165) is 36.0 Å². The third-order valence-electron chi connectivity index (χ3n) is 16.0. The lowest BCUT2D eigenvalue weighted by atomic mass is 9.73. The highest BCUT2D eigenvalue weighted by molar-refractivity contribution is 6.99. The predicted octanol–water partition coefficient (Wildman–Crippen LogP) is 13.2. The Bertz CT molecular complexity index is 2810. The highest BCUT2D eigenvalue weighted by Gasteiger charge is 2.76. The number of nitrogens with zero attached hydrogens (tertiary/aromatic N) is 5. The minimum atomic E-state index is -3.06. The van der Waals surface area contributed by atoms with Crippen LogP contribution in [0.15, 0.2) is 210 Å². The first-order valence-corrected chi connectivity index (χ1v) is 28.9. The Labute approximate surface area is 445 Å².